The predicted molar refractivity (Wildman–Crippen MR) is 68.4 cm³/mol. The van der Waals surface area contributed by atoms with Crippen LogP contribution in [0.15, 0.2) is 30.3 Å². The maximum absolute atomic E-state index is 5.81. The average Bonchev–Trinajstić information content (AvgIpc) is 2.36. The third kappa shape index (κ3) is 4.36. The normalized spacial score (nSPS) is 24.5. The number of para-hydroxylation sites is 1. The zero-order valence-corrected chi connectivity index (χ0v) is 10.4. The molecule has 1 aromatic rings. The zero-order chi connectivity index (χ0) is 11.9. The first kappa shape index (κ1) is 12.4. The number of piperidine rings is 1. The minimum absolute atomic E-state index is 0.394. The molecule has 1 N–H and O–H groups in total. The van der Waals surface area contributed by atoms with E-state index >= 15 is 0 Å². The van der Waals surface area contributed by atoms with Crippen molar-refractivity contribution in [3.63, 3.8) is 0 Å². The molecule has 1 heterocycles. The average molecular weight is 235 g/mol. The summed E-state index contributed by atoms with van der Waals surface area (Å²) < 4.78 is 11.4. The van der Waals surface area contributed by atoms with Crippen molar-refractivity contribution in [1.29, 1.82) is 0 Å². The van der Waals surface area contributed by atoms with Gasteiger partial charge in [-0.1, -0.05) is 18.2 Å². The first-order valence-electron chi connectivity index (χ1n) is 6.37. The van der Waals surface area contributed by atoms with Crippen molar-refractivity contribution in [2.45, 2.75) is 31.9 Å². The van der Waals surface area contributed by atoms with Crippen LogP contribution in [-0.2, 0) is 4.74 Å². The van der Waals surface area contributed by atoms with Crippen molar-refractivity contribution in [1.82, 2.24) is 5.32 Å². The van der Waals surface area contributed by atoms with Crippen molar-refractivity contribution in [2.24, 2.45) is 0 Å². The van der Waals surface area contributed by atoms with Crippen LogP contribution in [0.5, 0.6) is 5.75 Å². The van der Waals surface area contributed by atoms with Gasteiger partial charge in [0.15, 0.2) is 0 Å². The lowest BCUT2D eigenvalue weighted by Gasteiger charge is -2.27. The molecule has 0 aliphatic carbocycles. The molecule has 1 saturated heterocycles. The van der Waals surface area contributed by atoms with E-state index in [1.165, 1.54) is 0 Å². The van der Waals surface area contributed by atoms with Crippen LogP contribution in [0.3, 0.4) is 0 Å². The Morgan fingerprint density at radius 3 is 2.82 bits per heavy atom. The molecule has 94 valence electrons. The van der Waals surface area contributed by atoms with Crippen LogP contribution in [0.25, 0.3) is 0 Å². The maximum atomic E-state index is 5.81. The molecule has 1 fully saturated rings. The molecule has 1 aromatic carbocycles. The number of benzene rings is 1. The largest absolute Gasteiger partial charge is 0.491 e. The first-order chi connectivity index (χ1) is 8.34. The molecule has 2 rings (SSSR count). The van der Waals surface area contributed by atoms with Gasteiger partial charge in [-0.2, -0.15) is 0 Å². The second kappa shape index (κ2) is 6.62. The number of nitrogens with one attached hydrogen (secondary N) is 1. The Labute approximate surface area is 103 Å². The molecular weight excluding hydrogens is 214 g/mol. The highest BCUT2D eigenvalue weighted by Gasteiger charge is 2.18. The van der Waals surface area contributed by atoms with Crippen LogP contribution in [0.2, 0.25) is 0 Å². The Bertz CT molecular complexity index is 315. The summed E-state index contributed by atoms with van der Waals surface area (Å²) >= 11 is 0. The van der Waals surface area contributed by atoms with Gasteiger partial charge in [-0.05, 0) is 38.4 Å². The van der Waals surface area contributed by atoms with E-state index in [1.807, 2.05) is 30.3 Å². The summed E-state index contributed by atoms with van der Waals surface area (Å²) in [6, 6.07) is 10.4. The zero-order valence-electron chi connectivity index (χ0n) is 10.4. The van der Waals surface area contributed by atoms with Gasteiger partial charge in [-0.15, -0.1) is 0 Å². The van der Waals surface area contributed by atoms with Crippen molar-refractivity contribution in [2.75, 3.05) is 19.8 Å². The maximum Gasteiger partial charge on any atom is 0.119 e. The number of hydrogen-bond donors (Lipinski definition) is 1. The smallest absolute Gasteiger partial charge is 0.119 e. The monoisotopic (exact) mass is 235 g/mol. The molecular formula is C14H21NO2. The molecule has 2 atom stereocenters. The molecule has 0 radical (unpaired) electrons. The second-order valence-electron chi connectivity index (χ2n) is 4.53. The molecule has 0 saturated carbocycles. The highest BCUT2D eigenvalue weighted by Crippen LogP contribution is 2.12. The van der Waals surface area contributed by atoms with Gasteiger partial charge in [-0.25, -0.2) is 0 Å². The van der Waals surface area contributed by atoms with Gasteiger partial charge in [0.05, 0.1) is 12.7 Å². The van der Waals surface area contributed by atoms with E-state index in [0.29, 0.717) is 25.4 Å². The lowest BCUT2D eigenvalue weighted by Crippen LogP contribution is -2.39. The van der Waals surface area contributed by atoms with E-state index in [1.54, 1.807) is 0 Å². The van der Waals surface area contributed by atoms with E-state index in [9.17, 15) is 0 Å². The summed E-state index contributed by atoms with van der Waals surface area (Å²) in [4.78, 5) is 0. The van der Waals surface area contributed by atoms with Crippen molar-refractivity contribution in [3.8, 4) is 5.75 Å². The molecule has 2 unspecified atom stereocenters. The lowest BCUT2D eigenvalue weighted by molar-refractivity contribution is 0.00918. The van der Waals surface area contributed by atoms with Gasteiger partial charge in [0, 0.05) is 6.04 Å². The molecule has 1 aliphatic rings. The van der Waals surface area contributed by atoms with Gasteiger partial charge >= 0.3 is 0 Å². The van der Waals surface area contributed by atoms with Gasteiger partial charge < -0.3 is 14.8 Å². The first-order valence-corrected chi connectivity index (χ1v) is 6.37. The van der Waals surface area contributed by atoms with Crippen LogP contribution < -0.4 is 10.1 Å². The summed E-state index contributed by atoms with van der Waals surface area (Å²) in [5.41, 5.74) is 0. The lowest BCUT2D eigenvalue weighted by atomic mass is 10.0. The van der Waals surface area contributed by atoms with Gasteiger partial charge in [0.25, 0.3) is 0 Å². The fraction of sp³-hybridized carbons (Fsp3) is 0.571. The highest BCUT2D eigenvalue weighted by molar-refractivity contribution is 5.20. The van der Waals surface area contributed by atoms with E-state index in [-0.39, 0.29) is 0 Å². The van der Waals surface area contributed by atoms with Crippen molar-refractivity contribution < 1.29 is 9.47 Å². The third-order valence-electron chi connectivity index (χ3n) is 3.02. The van der Waals surface area contributed by atoms with E-state index in [2.05, 4.69) is 12.2 Å². The number of hydrogen-bond acceptors (Lipinski definition) is 3. The van der Waals surface area contributed by atoms with Crippen LogP contribution in [0.4, 0.5) is 0 Å². The minimum Gasteiger partial charge on any atom is -0.491 e. The third-order valence-corrected chi connectivity index (χ3v) is 3.02. The molecule has 0 aromatic heterocycles. The van der Waals surface area contributed by atoms with Crippen molar-refractivity contribution in [3.05, 3.63) is 30.3 Å². The van der Waals surface area contributed by atoms with Crippen LogP contribution in [-0.4, -0.2) is 31.9 Å². The van der Waals surface area contributed by atoms with Crippen LogP contribution in [0, 0.1) is 0 Å². The van der Waals surface area contributed by atoms with Crippen LogP contribution in [0.1, 0.15) is 19.8 Å². The predicted octanol–water partition coefficient (Wildman–Crippen LogP) is 2.22. The number of rotatable bonds is 5. The Kier molecular flexibility index (Phi) is 4.83. The molecule has 3 nitrogen and oxygen atoms in total. The molecule has 0 bridgehead atoms. The number of ether oxygens (including phenoxy) is 2. The summed E-state index contributed by atoms with van der Waals surface area (Å²) in [6.07, 6.45) is 2.60. The van der Waals surface area contributed by atoms with E-state index < -0.39 is 0 Å². The van der Waals surface area contributed by atoms with E-state index in [0.717, 1.165) is 25.1 Å². The molecule has 0 spiro atoms. The van der Waals surface area contributed by atoms with E-state index in [4.69, 9.17) is 9.47 Å². The minimum atomic E-state index is 0.394. The topological polar surface area (TPSA) is 30.5 Å². The van der Waals surface area contributed by atoms with Gasteiger partial charge in [0.1, 0.15) is 12.4 Å². The molecule has 1 aliphatic heterocycles. The summed E-state index contributed by atoms with van der Waals surface area (Å²) in [5, 5.41) is 3.42. The Hall–Kier alpha value is -1.06. The molecule has 0 amide bonds. The Morgan fingerprint density at radius 1 is 1.24 bits per heavy atom. The fourth-order valence-electron chi connectivity index (χ4n) is 2.13. The van der Waals surface area contributed by atoms with Crippen molar-refractivity contribution >= 4 is 0 Å². The van der Waals surface area contributed by atoms with Crippen LogP contribution >= 0.6 is 0 Å². The fourth-order valence-corrected chi connectivity index (χ4v) is 2.13. The standard InChI is InChI=1S/C14H21NO2/c1-12-11-14(7-8-15-12)17-10-9-16-13-5-3-2-4-6-13/h2-6,12,14-15H,7-11H2,1H3. The second-order valence-corrected chi connectivity index (χ2v) is 4.53. The summed E-state index contributed by atoms with van der Waals surface area (Å²) in [7, 11) is 0. The highest BCUT2D eigenvalue weighted by atomic mass is 16.5. The summed E-state index contributed by atoms with van der Waals surface area (Å²) in [6.45, 7) is 4.57. The molecule has 17 heavy (non-hydrogen) atoms. The Morgan fingerprint density at radius 2 is 2.06 bits per heavy atom. The quantitative estimate of drug-likeness (QED) is 0.794. The SMILES string of the molecule is CC1CC(OCCOc2ccccc2)CCN1. The summed E-state index contributed by atoms with van der Waals surface area (Å²) in [5.74, 6) is 0.912. The van der Waals surface area contributed by atoms with Gasteiger partial charge in [0.2, 0.25) is 0 Å². The Balaban J connectivity index is 1.60. The molecule has 3 heteroatoms. The van der Waals surface area contributed by atoms with Gasteiger partial charge in [-0.3, -0.25) is 0 Å².